The van der Waals surface area contributed by atoms with E-state index in [1.54, 1.807) is 12.4 Å². The predicted octanol–water partition coefficient (Wildman–Crippen LogP) is 5.16. The zero-order valence-electron chi connectivity index (χ0n) is 18.8. The Morgan fingerprint density at radius 3 is 2.35 bits per heavy atom. The summed E-state index contributed by atoms with van der Waals surface area (Å²) in [4.78, 5) is 28.9. The lowest BCUT2D eigenvalue weighted by Crippen LogP contribution is -2.38. The van der Waals surface area contributed by atoms with E-state index in [1.807, 2.05) is 54.4 Å². The van der Waals surface area contributed by atoms with Crippen molar-refractivity contribution in [1.82, 2.24) is 19.9 Å². The molecule has 1 fully saturated rings. The van der Waals surface area contributed by atoms with Gasteiger partial charge >= 0.3 is 0 Å². The maximum Gasteiger partial charge on any atom is 0.254 e. The van der Waals surface area contributed by atoms with Gasteiger partial charge in [-0.2, -0.15) is 0 Å². The van der Waals surface area contributed by atoms with Crippen LogP contribution in [0, 0.1) is 6.92 Å². The molecule has 1 aliphatic heterocycles. The molecule has 0 atom stereocenters. The van der Waals surface area contributed by atoms with Crippen molar-refractivity contribution in [2.45, 2.75) is 51.9 Å². The molecule has 1 aromatic carbocycles. The van der Waals surface area contributed by atoms with Crippen molar-refractivity contribution in [3.8, 4) is 11.1 Å². The SMILES string of the molecule is Cc1ccccc1C(=O)N1CCC(c2nc(C(C)(C)C)ncc2-c2ccncc2)CC1. The van der Waals surface area contributed by atoms with E-state index in [0.717, 1.165) is 59.7 Å². The molecule has 0 spiro atoms. The molecule has 31 heavy (non-hydrogen) atoms. The molecule has 4 rings (SSSR count). The third kappa shape index (κ3) is 4.50. The van der Waals surface area contributed by atoms with Gasteiger partial charge in [0.15, 0.2) is 0 Å². The number of carbonyl (C=O) groups excluding carboxylic acids is 1. The Morgan fingerprint density at radius 2 is 1.71 bits per heavy atom. The van der Waals surface area contributed by atoms with Gasteiger partial charge in [-0.15, -0.1) is 0 Å². The summed E-state index contributed by atoms with van der Waals surface area (Å²) in [5.41, 5.74) is 4.96. The third-order valence-corrected chi connectivity index (χ3v) is 6.02. The average molecular weight is 415 g/mol. The van der Waals surface area contributed by atoms with Crippen LogP contribution < -0.4 is 0 Å². The largest absolute Gasteiger partial charge is 0.339 e. The molecule has 3 aromatic rings. The van der Waals surface area contributed by atoms with Crippen LogP contribution in [0.25, 0.3) is 11.1 Å². The van der Waals surface area contributed by atoms with Gasteiger partial charge in [0.2, 0.25) is 0 Å². The van der Waals surface area contributed by atoms with Gasteiger partial charge in [0, 0.05) is 54.1 Å². The molecule has 1 amide bonds. The van der Waals surface area contributed by atoms with Crippen molar-refractivity contribution in [3.05, 3.63) is 77.6 Å². The molecule has 0 aliphatic carbocycles. The Balaban J connectivity index is 1.60. The van der Waals surface area contributed by atoms with E-state index in [-0.39, 0.29) is 11.3 Å². The number of aryl methyl sites for hydroxylation is 1. The molecule has 1 aliphatic rings. The number of piperidine rings is 1. The van der Waals surface area contributed by atoms with E-state index >= 15 is 0 Å². The molecule has 0 bridgehead atoms. The van der Waals surface area contributed by atoms with Crippen molar-refractivity contribution in [2.75, 3.05) is 13.1 Å². The standard InChI is InChI=1S/C26H30N4O/c1-18-7-5-6-8-21(18)24(31)30-15-11-20(12-16-30)23-22(19-9-13-27-14-10-19)17-28-25(29-23)26(2,3)4/h5-10,13-14,17,20H,11-12,15-16H2,1-4H3. The smallest absolute Gasteiger partial charge is 0.254 e. The van der Waals surface area contributed by atoms with Crippen LogP contribution in [-0.2, 0) is 5.41 Å². The van der Waals surface area contributed by atoms with Crippen LogP contribution >= 0.6 is 0 Å². The normalized spacial score (nSPS) is 15.2. The summed E-state index contributed by atoms with van der Waals surface area (Å²) in [7, 11) is 0. The van der Waals surface area contributed by atoms with Gasteiger partial charge in [-0.05, 0) is 49.1 Å². The molecule has 3 heterocycles. The van der Waals surface area contributed by atoms with E-state index in [1.165, 1.54) is 0 Å². The first-order valence-corrected chi connectivity index (χ1v) is 11.0. The van der Waals surface area contributed by atoms with Crippen LogP contribution in [0.4, 0.5) is 0 Å². The fourth-order valence-electron chi connectivity index (χ4n) is 4.16. The number of hydrogen-bond acceptors (Lipinski definition) is 4. The molecule has 5 heteroatoms. The molecular weight excluding hydrogens is 384 g/mol. The van der Waals surface area contributed by atoms with E-state index < -0.39 is 0 Å². The second kappa shape index (κ2) is 8.58. The number of pyridine rings is 1. The number of nitrogens with zero attached hydrogens (tertiary/aromatic N) is 4. The van der Waals surface area contributed by atoms with Gasteiger partial charge in [-0.25, -0.2) is 9.97 Å². The van der Waals surface area contributed by atoms with Crippen molar-refractivity contribution >= 4 is 5.91 Å². The molecule has 1 saturated heterocycles. The Morgan fingerprint density at radius 1 is 1.03 bits per heavy atom. The van der Waals surface area contributed by atoms with Gasteiger partial charge in [0.05, 0.1) is 5.69 Å². The minimum Gasteiger partial charge on any atom is -0.339 e. The van der Waals surface area contributed by atoms with Crippen LogP contribution in [0.3, 0.4) is 0 Å². The lowest BCUT2D eigenvalue weighted by molar-refractivity contribution is 0.0711. The highest BCUT2D eigenvalue weighted by atomic mass is 16.2. The first kappa shape index (κ1) is 21.2. The Bertz CT molecular complexity index is 1060. The zero-order chi connectivity index (χ0) is 22.0. The van der Waals surface area contributed by atoms with Crippen LogP contribution in [0.15, 0.2) is 55.0 Å². The number of benzene rings is 1. The second-order valence-corrected chi connectivity index (χ2v) is 9.36. The van der Waals surface area contributed by atoms with E-state index in [0.29, 0.717) is 5.92 Å². The van der Waals surface area contributed by atoms with Crippen LogP contribution in [-0.4, -0.2) is 38.8 Å². The molecule has 0 radical (unpaired) electrons. The van der Waals surface area contributed by atoms with Gasteiger partial charge in [0.25, 0.3) is 5.91 Å². The summed E-state index contributed by atoms with van der Waals surface area (Å²) in [5.74, 6) is 1.29. The van der Waals surface area contributed by atoms with E-state index in [4.69, 9.17) is 4.98 Å². The van der Waals surface area contributed by atoms with Crippen molar-refractivity contribution in [2.24, 2.45) is 0 Å². The van der Waals surface area contributed by atoms with Crippen LogP contribution in [0.5, 0.6) is 0 Å². The topological polar surface area (TPSA) is 59.0 Å². The van der Waals surface area contributed by atoms with E-state index in [2.05, 4.69) is 30.7 Å². The molecule has 5 nitrogen and oxygen atoms in total. The molecule has 2 aromatic heterocycles. The van der Waals surface area contributed by atoms with E-state index in [9.17, 15) is 4.79 Å². The number of carbonyl (C=O) groups is 1. The molecule has 0 unspecified atom stereocenters. The van der Waals surface area contributed by atoms with Gasteiger partial charge in [-0.3, -0.25) is 9.78 Å². The Hall–Kier alpha value is -3.08. The van der Waals surface area contributed by atoms with Gasteiger partial charge in [-0.1, -0.05) is 39.0 Å². The monoisotopic (exact) mass is 414 g/mol. The summed E-state index contributed by atoms with van der Waals surface area (Å²) in [6, 6.07) is 11.8. The molecule has 0 N–H and O–H groups in total. The summed E-state index contributed by atoms with van der Waals surface area (Å²) >= 11 is 0. The second-order valence-electron chi connectivity index (χ2n) is 9.36. The van der Waals surface area contributed by atoms with Gasteiger partial charge < -0.3 is 4.90 Å². The maximum atomic E-state index is 13.0. The van der Waals surface area contributed by atoms with Gasteiger partial charge in [0.1, 0.15) is 5.82 Å². The molecule has 160 valence electrons. The zero-order valence-corrected chi connectivity index (χ0v) is 18.8. The predicted molar refractivity (Wildman–Crippen MR) is 123 cm³/mol. The number of rotatable bonds is 3. The number of hydrogen-bond donors (Lipinski definition) is 0. The summed E-state index contributed by atoms with van der Waals surface area (Å²) < 4.78 is 0. The lowest BCUT2D eigenvalue weighted by Gasteiger charge is -2.33. The van der Waals surface area contributed by atoms with Crippen LogP contribution in [0.1, 0.15) is 67.0 Å². The minimum absolute atomic E-state index is 0.118. The van der Waals surface area contributed by atoms with Crippen molar-refractivity contribution < 1.29 is 4.79 Å². The summed E-state index contributed by atoms with van der Waals surface area (Å²) in [5, 5.41) is 0. The van der Waals surface area contributed by atoms with Crippen molar-refractivity contribution in [1.29, 1.82) is 0 Å². The Labute approximate surface area is 184 Å². The fraction of sp³-hybridized carbons (Fsp3) is 0.385. The molecule has 0 saturated carbocycles. The minimum atomic E-state index is -0.118. The van der Waals surface area contributed by atoms with Crippen LogP contribution in [0.2, 0.25) is 0 Å². The third-order valence-electron chi connectivity index (χ3n) is 6.02. The number of likely N-dealkylation sites (tertiary alicyclic amines) is 1. The fourth-order valence-corrected chi connectivity index (χ4v) is 4.16. The highest BCUT2D eigenvalue weighted by Gasteiger charge is 2.29. The number of aromatic nitrogens is 3. The highest BCUT2D eigenvalue weighted by Crippen LogP contribution is 2.35. The first-order valence-electron chi connectivity index (χ1n) is 11.0. The summed E-state index contributed by atoms with van der Waals surface area (Å²) in [6.45, 7) is 9.89. The quantitative estimate of drug-likeness (QED) is 0.594. The molecular formula is C26H30N4O. The summed E-state index contributed by atoms with van der Waals surface area (Å²) in [6.07, 6.45) is 7.37. The lowest BCUT2D eigenvalue weighted by atomic mass is 9.87. The highest BCUT2D eigenvalue weighted by molar-refractivity contribution is 5.95. The Kier molecular flexibility index (Phi) is 5.86. The first-order chi connectivity index (χ1) is 14.8. The maximum absolute atomic E-state index is 13.0. The number of amides is 1. The average Bonchev–Trinajstić information content (AvgIpc) is 2.79. The van der Waals surface area contributed by atoms with Crippen molar-refractivity contribution in [3.63, 3.8) is 0 Å².